The Morgan fingerprint density at radius 1 is 0.962 bits per heavy atom. The largest absolute Gasteiger partial charge is 0.482 e. The van der Waals surface area contributed by atoms with Gasteiger partial charge in [-0.15, -0.1) is 0 Å². The van der Waals surface area contributed by atoms with E-state index in [1.807, 2.05) is 36.4 Å². The van der Waals surface area contributed by atoms with Crippen LogP contribution in [0.4, 0.5) is 0 Å². The van der Waals surface area contributed by atoms with E-state index < -0.39 is 5.97 Å². The molecule has 1 amide bonds. The minimum atomic E-state index is -0.432. The second-order valence-electron chi connectivity index (χ2n) is 7.02. The first-order chi connectivity index (χ1) is 12.3. The maximum atomic E-state index is 12.3. The van der Waals surface area contributed by atoms with Gasteiger partial charge in [0.15, 0.2) is 6.61 Å². The average molecular weight is 355 g/mol. The summed E-state index contributed by atoms with van der Waals surface area (Å²) in [5.74, 6) is 0.0264. The maximum absolute atomic E-state index is 12.3. The molecule has 0 atom stereocenters. The Bertz CT molecular complexity index is 743. The van der Waals surface area contributed by atoms with Gasteiger partial charge in [-0.05, 0) is 40.8 Å². The minimum Gasteiger partial charge on any atom is -0.482 e. The van der Waals surface area contributed by atoms with Crippen molar-refractivity contribution in [3.05, 3.63) is 65.2 Å². The molecule has 0 radical (unpaired) electrons. The van der Waals surface area contributed by atoms with Gasteiger partial charge >= 0.3 is 5.97 Å². The van der Waals surface area contributed by atoms with Crippen LogP contribution in [0.3, 0.4) is 0 Å². The van der Waals surface area contributed by atoms with E-state index >= 15 is 0 Å². The lowest BCUT2D eigenvalue weighted by Gasteiger charge is -2.19. The summed E-state index contributed by atoms with van der Waals surface area (Å²) >= 11 is 0. The molecule has 0 heterocycles. The zero-order valence-electron chi connectivity index (χ0n) is 15.7. The van der Waals surface area contributed by atoms with Crippen LogP contribution < -0.4 is 10.1 Å². The van der Waals surface area contributed by atoms with Crippen LogP contribution in [0, 0.1) is 0 Å². The third kappa shape index (κ3) is 5.62. The quantitative estimate of drug-likeness (QED) is 0.806. The number of hydrogen-bond acceptors (Lipinski definition) is 4. The Morgan fingerprint density at radius 3 is 2.12 bits per heavy atom. The van der Waals surface area contributed by atoms with E-state index in [1.54, 1.807) is 12.1 Å². The van der Waals surface area contributed by atoms with E-state index in [1.165, 1.54) is 12.7 Å². The number of methoxy groups -OCH3 is 1. The highest BCUT2D eigenvalue weighted by molar-refractivity contribution is 5.94. The Kier molecular flexibility index (Phi) is 6.39. The van der Waals surface area contributed by atoms with E-state index in [4.69, 9.17) is 4.74 Å². The number of nitrogens with one attached hydrogen (secondary N) is 1. The lowest BCUT2D eigenvalue weighted by Crippen LogP contribution is -2.23. The number of carbonyl (C=O) groups excluding carboxylic acids is 2. The van der Waals surface area contributed by atoms with Gasteiger partial charge < -0.3 is 14.8 Å². The van der Waals surface area contributed by atoms with Crippen molar-refractivity contribution in [2.75, 3.05) is 13.7 Å². The number of hydrogen-bond donors (Lipinski definition) is 1. The number of rotatable bonds is 6. The lowest BCUT2D eigenvalue weighted by molar-refractivity contribution is -0.142. The molecular weight excluding hydrogens is 330 g/mol. The third-order valence-electron chi connectivity index (χ3n) is 3.97. The second kappa shape index (κ2) is 8.52. The molecule has 0 unspecified atom stereocenters. The molecule has 26 heavy (non-hydrogen) atoms. The summed E-state index contributed by atoms with van der Waals surface area (Å²) in [5.41, 5.74) is 2.83. The highest BCUT2D eigenvalue weighted by atomic mass is 16.6. The number of esters is 1. The highest BCUT2D eigenvalue weighted by Crippen LogP contribution is 2.22. The summed E-state index contributed by atoms with van der Waals surface area (Å²) in [4.78, 5) is 23.3. The standard InChI is InChI=1S/C21H25NO4/c1-21(2,3)17-9-7-16(8-10-17)20(24)22-13-15-5-11-18(12-6-15)26-14-19(23)25-4/h5-12H,13-14H2,1-4H3,(H,22,24). The molecule has 2 aromatic carbocycles. The van der Waals surface area contributed by atoms with Gasteiger partial charge in [0.2, 0.25) is 0 Å². The van der Waals surface area contributed by atoms with Crippen LogP contribution in [0.5, 0.6) is 5.75 Å². The van der Waals surface area contributed by atoms with Gasteiger partial charge in [-0.25, -0.2) is 4.79 Å². The zero-order valence-corrected chi connectivity index (χ0v) is 15.7. The second-order valence-corrected chi connectivity index (χ2v) is 7.02. The number of benzene rings is 2. The molecule has 0 fully saturated rings. The van der Waals surface area contributed by atoms with Crippen molar-refractivity contribution in [3.8, 4) is 5.75 Å². The Balaban J connectivity index is 1.88. The van der Waals surface area contributed by atoms with Gasteiger partial charge in [-0.2, -0.15) is 0 Å². The van der Waals surface area contributed by atoms with Crippen LogP contribution in [0.1, 0.15) is 42.3 Å². The summed E-state index contributed by atoms with van der Waals surface area (Å²) < 4.78 is 9.80. The SMILES string of the molecule is COC(=O)COc1ccc(CNC(=O)c2ccc(C(C)(C)C)cc2)cc1. The van der Waals surface area contributed by atoms with Crippen molar-refractivity contribution in [2.24, 2.45) is 0 Å². The molecule has 0 aromatic heterocycles. The van der Waals surface area contributed by atoms with Crippen molar-refractivity contribution in [1.82, 2.24) is 5.32 Å². The van der Waals surface area contributed by atoms with Gasteiger partial charge in [0.1, 0.15) is 5.75 Å². The smallest absolute Gasteiger partial charge is 0.343 e. The predicted octanol–water partition coefficient (Wildman–Crippen LogP) is 3.47. The summed E-state index contributed by atoms with van der Waals surface area (Å²) in [6.45, 7) is 6.70. The Morgan fingerprint density at radius 2 is 1.58 bits per heavy atom. The van der Waals surface area contributed by atoms with Gasteiger partial charge in [0.25, 0.3) is 5.91 Å². The Labute approximate surface area is 154 Å². The third-order valence-corrected chi connectivity index (χ3v) is 3.97. The molecule has 2 rings (SSSR count). The first-order valence-corrected chi connectivity index (χ1v) is 8.47. The highest BCUT2D eigenvalue weighted by Gasteiger charge is 2.14. The van der Waals surface area contributed by atoms with E-state index in [0.29, 0.717) is 17.9 Å². The molecule has 5 nitrogen and oxygen atoms in total. The predicted molar refractivity (Wildman–Crippen MR) is 100 cm³/mol. The topological polar surface area (TPSA) is 64.6 Å². The van der Waals surface area contributed by atoms with Crippen LogP contribution in [0.2, 0.25) is 0 Å². The molecule has 0 saturated carbocycles. The number of amides is 1. The van der Waals surface area contributed by atoms with Gasteiger partial charge in [-0.1, -0.05) is 45.0 Å². The van der Waals surface area contributed by atoms with Crippen molar-refractivity contribution in [2.45, 2.75) is 32.7 Å². The van der Waals surface area contributed by atoms with Crippen LogP contribution >= 0.6 is 0 Å². The Hall–Kier alpha value is -2.82. The van der Waals surface area contributed by atoms with E-state index in [9.17, 15) is 9.59 Å². The van der Waals surface area contributed by atoms with Crippen LogP contribution in [-0.2, 0) is 21.5 Å². The number of carbonyl (C=O) groups is 2. The zero-order chi connectivity index (χ0) is 19.2. The molecule has 0 bridgehead atoms. The van der Waals surface area contributed by atoms with E-state index in [0.717, 1.165) is 5.56 Å². The fraction of sp³-hybridized carbons (Fsp3) is 0.333. The lowest BCUT2D eigenvalue weighted by atomic mass is 9.87. The molecule has 5 heteroatoms. The minimum absolute atomic E-state index is 0.0622. The fourth-order valence-corrected chi connectivity index (χ4v) is 2.31. The molecule has 2 aromatic rings. The molecule has 0 aliphatic heterocycles. The van der Waals surface area contributed by atoms with Crippen molar-refractivity contribution >= 4 is 11.9 Å². The molecule has 0 aliphatic carbocycles. The van der Waals surface area contributed by atoms with Gasteiger partial charge in [-0.3, -0.25) is 4.79 Å². The first-order valence-electron chi connectivity index (χ1n) is 8.47. The number of ether oxygens (including phenoxy) is 2. The van der Waals surface area contributed by atoms with Gasteiger partial charge in [0, 0.05) is 12.1 Å². The van der Waals surface area contributed by atoms with E-state index in [-0.39, 0.29) is 17.9 Å². The summed E-state index contributed by atoms with van der Waals surface area (Å²) in [6.07, 6.45) is 0. The first kappa shape index (κ1) is 19.5. The summed E-state index contributed by atoms with van der Waals surface area (Å²) in [6, 6.07) is 14.9. The average Bonchev–Trinajstić information content (AvgIpc) is 2.64. The normalized spacial score (nSPS) is 10.9. The maximum Gasteiger partial charge on any atom is 0.343 e. The van der Waals surface area contributed by atoms with Crippen molar-refractivity contribution in [1.29, 1.82) is 0 Å². The monoisotopic (exact) mass is 355 g/mol. The van der Waals surface area contributed by atoms with Crippen LogP contribution in [0.25, 0.3) is 0 Å². The summed E-state index contributed by atoms with van der Waals surface area (Å²) in [5, 5.41) is 2.90. The van der Waals surface area contributed by atoms with Crippen molar-refractivity contribution < 1.29 is 19.1 Å². The van der Waals surface area contributed by atoms with Crippen LogP contribution in [-0.4, -0.2) is 25.6 Å². The molecule has 1 N–H and O–H groups in total. The summed E-state index contributed by atoms with van der Waals surface area (Å²) in [7, 11) is 1.31. The van der Waals surface area contributed by atoms with Crippen LogP contribution in [0.15, 0.2) is 48.5 Å². The van der Waals surface area contributed by atoms with Gasteiger partial charge in [0.05, 0.1) is 7.11 Å². The molecule has 0 spiro atoms. The van der Waals surface area contributed by atoms with Crippen molar-refractivity contribution in [3.63, 3.8) is 0 Å². The molecular formula is C21H25NO4. The van der Waals surface area contributed by atoms with E-state index in [2.05, 4.69) is 30.8 Å². The molecule has 0 aliphatic rings. The molecule has 0 saturated heterocycles. The molecule has 138 valence electrons. The fourth-order valence-electron chi connectivity index (χ4n) is 2.31.